The molecule has 0 saturated heterocycles. The molecule has 1 aliphatic rings. The number of anilines is 1. The first-order valence-corrected chi connectivity index (χ1v) is 11.3. The quantitative estimate of drug-likeness (QED) is 0.359. The molecular formula is C19H18INO5S. The largest absolute Gasteiger partial charge is 0.454 e. The molecule has 1 aliphatic heterocycles. The van der Waals surface area contributed by atoms with Gasteiger partial charge in [0.05, 0.1) is 17.5 Å². The highest BCUT2D eigenvalue weighted by molar-refractivity contribution is 14.1. The number of esters is 1. The fourth-order valence-corrected chi connectivity index (χ4v) is 4.60. The van der Waals surface area contributed by atoms with E-state index in [1.807, 2.05) is 28.7 Å². The van der Waals surface area contributed by atoms with Gasteiger partial charge in [0.25, 0.3) is 0 Å². The monoisotopic (exact) mass is 499 g/mol. The van der Waals surface area contributed by atoms with Gasteiger partial charge in [-0.25, -0.2) is 13.2 Å². The standard InChI is InChI=1S/C19H18INO5S/c1-27(24,25)21-10-4-5-13-11-14(8-9-17(13)21)18(22)12-26-19(23)15-6-2-3-7-16(15)20/h2-3,6-9,11H,4-5,10,12H2,1H3. The molecule has 0 N–H and O–H groups in total. The second-order valence-electron chi connectivity index (χ2n) is 6.26. The molecule has 0 radical (unpaired) electrons. The lowest BCUT2D eigenvalue weighted by atomic mass is 9.99. The van der Waals surface area contributed by atoms with E-state index in [-0.39, 0.29) is 12.4 Å². The van der Waals surface area contributed by atoms with E-state index in [1.54, 1.807) is 36.4 Å². The summed E-state index contributed by atoms with van der Waals surface area (Å²) in [5, 5.41) is 0. The van der Waals surface area contributed by atoms with Crippen molar-refractivity contribution in [1.29, 1.82) is 0 Å². The lowest BCUT2D eigenvalue weighted by Crippen LogP contribution is -2.34. The molecule has 0 aliphatic carbocycles. The van der Waals surface area contributed by atoms with E-state index in [0.717, 1.165) is 9.13 Å². The molecule has 6 nitrogen and oxygen atoms in total. The van der Waals surface area contributed by atoms with Crippen molar-refractivity contribution in [2.75, 3.05) is 23.7 Å². The van der Waals surface area contributed by atoms with Gasteiger partial charge in [-0.1, -0.05) is 12.1 Å². The predicted octanol–water partition coefficient (Wildman–Crippen LogP) is 3.04. The van der Waals surface area contributed by atoms with Gasteiger partial charge in [-0.15, -0.1) is 0 Å². The van der Waals surface area contributed by atoms with Crippen LogP contribution in [-0.4, -0.2) is 39.6 Å². The Labute approximate surface area is 171 Å². The zero-order chi connectivity index (χ0) is 19.6. The summed E-state index contributed by atoms with van der Waals surface area (Å²) in [5.74, 6) is -0.872. The molecule has 142 valence electrons. The van der Waals surface area contributed by atoms with Gasteiger partial charge in [0.2, 0.25) is 10.0 Å². The Morgan fingerprint density at radius 3 is 2.63 bits per heavy atom. The van der Waals surface area contributed by atoms with Crippen molar-refractivity contribution in [3.8, 4) is 0 Å². The van der Waals surface area contributed by atoms with Crippen LogP contribution in [0, 0.1) is 3.57 Å². The Morgan fingerprint density at radius 2 is 1.93 bits per heavy atom. The second-order valence-corrected chi connectivity index (χ2v) is 9.33. The number of hydrogen-bond acceptors (Lipinski definition) is 5. The van der Waals surface area contributed by atoms with Crippen molar-refractivity contribution < 1.29 is 22.7 Å². The van der Waals surface area contributed by atoms with Crippen LogP contribution >= 0.6 is 22.6 Å². The fourth-order valence-electron chi connectivity index (χ4n) is 3.00. The van der Waals surface area contributed by atoms with E-state index in [1.165, 1.54) is 10.6 Å². The lowest BCUT2D eigenvalue weighted by molar-refractivity contribution is 0.0473. The average Bonchev–Trinajstić information content (AvgIpc) is 2.64. The Bertz CT molecular complexity index is 1000. The summed E-state index contributed by atoms with van der Waals surface area (Å²) in [4.78, 5) is 24.6. The van der Waals surface area contributed by atoms with Crippen LogP contribution in [0.25, 0.3) is 0 Å². The summed E-state index contributed by atoms with van der Waals surface area (Å²) < 4.78 is 31.1. The van der Waals surface area contributed by atoms with Gasteiger partial charge >= 0.3 is 5.97 Å². The number of ketones is 1. The second kappa shape index (κ2) is 7.97. The van der Waals surface area contributed by atoms with Crippen molar-refractivity contribution in [2.45, 2.75) is 12.8 Å². The third-order valence-electron chi connectivity index (χ3n) is 4.31. The van der Waals surface area contributed by atoms with E-state index >= 15 is 0 Å². The molecule has 0 unspecified atom stereocenters. The van der Waals surface area contributed by atoms with E-state index in [4.69, 9.17) is 4.74 Å². The van der Waals surface area contributed by atoms with E-state index < -0.39 is 16.0 Å². The molecule has 0 amide bonds. The molecule has 3 rings (SSSR count). The third-order valence-corrected chi connectivity index (χ3v) is 6.43. The topological polar surface area (TPSA) is 80.8 Å². The van der Waals surface area contributed by atoms with Crippen molar-refractivity contribution in [2.24, 2.45) is 0 Å². The van der Waals surface area contributed by atoms with Crippen molar-refractivity contribution in [3.63, 3.8) is 0 Å². The molecular weight excluding hydrogens is 481 g/mol. The number of nitrogens with zero attached hydrogens (tertiary/aromatic N) is 1. The van der Waals surface area contributed by atoms with E-state index in [9.17, 15) is 18.0 Å². The molecule has 1 heterocycles. The third kappa shape index (κ3) is 4.49. The molecule has 0 spiro atoms. The van der Waals surface area contributed by atoms with Crippen molar-refractivity contribution >= 4 is 50.1 Å². The summed E-state index contributed by atoms with van der Waals surface area (Å²) >= 11 is 2.04. The molecule has 2 aromatic rings. The number of Topliss-reactive ketones (excluding diaryl/α,β-unsaturated/α-hetero) is 1. The lowest BCUT2D eigenvalue weighted by Gasteiger charge is -2.29. The molecule has 0 atom stereocenters. The number of fused-ring (bicyclic) bond motifs is 1. The van der Waals surface area contributed by atoms with E-state index in [2.05, 4.69) is 0 Å². The molecule has 2 aromatic carbocycles. The van der Waals surface area contributed by atoms with Crippen LogP contribution in [0.4, 0.5) is 5.69 Å². The summed E-state index contributed by atoms with van der Waals surface area (Å²) in [6, 6.07) is 11.9. The zero-order valence-corrected chi connectivity index (χ0v) is 17.6. The number of aryl methyl sites for hydroxylation is 1. The van der Waals surface area contributed by atoms with Crippen molar-refractivity contribution in [3.05, 3.63) is 62.7 Å². The smallest absolute Gasteiger partial charge is 0.339 e. The van der Waals surface area contributed by atoms with Crippen LogP contribution in [0.3, 0.4) is 0 Å². The molecule has 8 heteroatoms. The normalized spacial score (nSPS) is 13.8. The van der Waals surface area contributed by atoms with Gasteiger partial charge in [0.15, 0.2) is 12.4 Å². The maximum absolute atomic E-state index is 12.4. The Morgan fingerprint density at radius 1 is 1.19 bits per heavy atom. The average molecular weight is 499 g/mol. The summed E-state index contributed by atoms with van der Waals surface area (Å²) in [6.07, 6.45) is 2.56. The van der Waals surface area contributed by atoms with Crippen LogP contribution in [0.2, 0.25) is 0 Å². The van der Waals surface area contributed by atoms with Gasteiger partial charge in [-0.05, 0) is 71.3 Å². The van der Waals surface area contributed by atoms with Gasteiger partial charge in [0, 0.05) is 15.7 Å². The molecule has 0 bridgehead atoms. The highest BCUT2D eigenvalue weighted by Crippen LogP contribution is 2.30. The van der Waals surface area contributed by atoms with Crippen LogP contribution in [0.5, 0.6) is 0 Å². The van der Waals surface area contributed by atoms with Gasteiger partial charge < -0.3 is 4.74 Å². The highest BCUT2D eigenvalue weighted by atomic mass is 127. The number of carbonyl (C=O) groups excluding carboxylic acids is 2. The molecule has 0 saturated carbocycles. The number of rotatable bonds is 5. The molecule has 27 heavy (non-hydrogen) atoms. The Hall–Kier alpha value is -1.94. The van der Waals surface area contributed by atoms with Crippen LogP contribution < -0.4 is 4.31 Å². The van der Waals surface area contributed by atoms with Crippen LogP contribution in [0.1, 0.15) is 32.7 Å². The number of sulfonamides is 1. The van der Waals surface area contributed by atoms with E-state index in [0.29, 0.717) is 36.2 Å². The first-order chi connectivity index (χ1) is 12.8. The van der Waals surface area contributed by atoms with Gasteiger partial charge in [0.1, 0.15) is 0 Å². The number of hydrogen-bond donors (Lipinski definition) is 0. The number of carbonyl (C=O) groups is 2. The maximum Gasteiger partial charge on any atom is 0.339 e. The minimum absolute atomic E-state index is 0.325. The SMILES string of the molecule is CS(=O)(=O)N1CCCc2cc(C(=O)COC(=O)c3ccccc3I)ccc21. The van der Waals surface area contributed by atoms with Crippen molar-refractivity contribution in [1.82, 2.24) is 0 Å². The number of benzene rings is 2. The Kier molecular flexibility index (Phi) is 5.85. The van der Waals surface area contributed by atoms with Gasteiger partial charge in [-0.3, -0.25) is 9.10 Å². The first-order valence-electron chi connectivity index (χ1n) is 8.33. The summed E-state index contributed by atoms with van der Waals surface area (Å²) in [7, 11) is -3.35. The van der Waals surface area contributed by atoms with Gasteiger partial charge in [-0.2, -0.15) is 0 Å². The first kappa shape index (κ1) is 19.8. The fraction of sp³-hybridized carbons (Fsp3) is 0.263. The highest BCUT2D eigenvalue weighted by Gasteiger charge is 2.25. The minimum atomic E-state index is -3.35. The summed E-state index contributed by atoms with van der Waals surface area (Å²) in [6.45, 7) is 0.0742. The molecule has 0 aromatic heterocycles. The number of halogens is 1. The summed E-state index contributed by atoms with van der Waals surface area (Å²) in [5.41, 5.74) is 2.23. The maximum atomic E-state index is 12.4. The number of ether oxygens (including phenoxy) is 1. The predicted molar refractivity (Wildman–Crippen MR) is 111 cm³/mol. The Balaban J connectivity index is 1.73. The van der Waals surface area contributed by atoms with Crippen LogP contribution in [0.15, 0.2) is 42.5 Å². The minimum Gasteiger partial charge on any atom is -0.454 e. The zero-order valence-electron chi connectivity index (χ0n) is 14.6. The van der Waals surface area contributed by atoms with Crippen LogP contribution in [-0.2, 0) is 21.2 Å². The molecule has 0 fully saturated rings.